The van der Waals surface area contributed by atoms with E-state index in [1.54, 1.807) is 78.5 Å². The van der Waals surface area contributed by atoms with Crippen LogP contribution in [0.5, 0.6) is 6.01 Å². The van der Waals surface area contributed by atoms with Crippen molar-refractivity contribution < 1.29 is 41.8 Å². The van der Waals surface area contributed by atoms with Crippen molar-refractivity contribution in [1.29, 1.82) is 5.26 Å². The number of aliphatic hydroxyl groups excluding tert-OH is 1. The van der Waals surface area contributed by atoms with Crippen LogP contribution in [0, 0.1) is 35.4 Å². The van der Waals surface area contributed by atoms with Crippen molar-refractivity contribution in [2.24, 2.45) is 18.4 Å². The van der Waals surface area contributed by atoms with Crippen LogP contribution in [0.3, 0.4) is 0 Å². The van der Waals surface area contributed by atoms with Gasteiger partial charge < -0.3 is 45.9 Å². The van der Waals surface area contributed by atoms with Crippen LogP contribution in [-0.2, 0) is 21.4 Å². The van der Waals surface area contributed by atoms with Crippen molar-refractivity contribution in [2.45, 2.75) is 122 Å². The molecule has 6 aromatic rings. The van der Waals surface area contributed by atoms with Crippen LogP contribution in [0.4, 0.5) is 29.1 Å². The summed E-state index contributed by atoms with van der Waals surface area (Å²) in [5, 5.41) is 31.1. The lowest BCUT2D eigenvalue weighted by atomic mass is 9.85. The number of likely N-dealkylation sites (tertiary alicyclic amines) is 2. The van der Waals surface area contributed by atoms with Crippen molar-refractivity contribution in [2.75, 3.05) is 43.4 Å². The molecule has 3 aromatic carbocycles. The molecule has 81 heavy (non-hydrogen) atoms. The third-order valence-corrected chi connectivity index (χ3v) is 17.5. The molecule has 2 unspecified atom stereocenters. The topological polar surface area (TPSA) is 220 Å². The number of ether oxygens (including phenoxy) is 1. The summed E-state index contributed by atoms with van der Waals surface area (Å²) >= 11 is 8.50. The number of aromatic nitrogens is 4. The molecular formula is C58H65ClF4N12O5S. The van der Waals surface area contributed by atoms with E-state index < -0.39 is 71.3 Å². The van der Waals surface area contributed by atoms with Crippen LogP contribution in [0.25, 0.3) is 43.4 Å². The second-order valence-corrected chi connectivity index (χ2v) is 24.2. The smallest absolute Gasteiger partial charge is 0.394 e. The van der Waals surface area contributed by atoms with Crippen molar-refractivity contribution in [3.63, 3.8) is 0 Å². The number of piperazine rings is 1. The van der Waals surface area contributed by atoms with E-state index in [1.165, 1.54) is 11.0 Å². The standard InChI is InChI=1S/C58H65ClF4N12O5S/c1-30(32-10-12-33(13-11-32)51-31(2)66-29-81-51)67-54(78)45-21-36(76)26-75(45)55(79)52(57(3,4)5)69-46(77)9-7-8-19-73-28-40(58(61,62)63)43(73)18-20-80-56-70-50-37(53(71-56)74-24-34-14-15-35(25-74)68-34)22-41(59)48(49(50)60)39-27-72(6)44-17-16-42(65)38(23-64)47(39)44/h10-13,16-18,20,22,27,29-30,34-36,40,43,45,52,68,76H,7-9,14-15,19,21,24-26,28,65H2,1-6H3,(H,67,78)(H,69,77)/b20-18+/t30-,34?,35?,36+,40+,43+,45-,52+/m0/s1. The number of carbonyl (C=O) groups is 3. The molecule has 0 spiro atoms. The number of hydrogen-bond donors (Lipinski definition) is 5. The van der Waals surface area contributed by atoms with Crippen LogP contribution in [0.2, 0.25) is 5.02 Å². The fraction of sp³-hybridized carbons (Fsp3) is 0.466. The van der Waals surface area contributed by atoms with Gasteiger partial charge in [-0.1, -0.05) is 56.6 Å². The monoisotopic (exact) mass is 1150 g/mol. The molecule has 4 saturated heterocycles. The molecule has 4 aliphatic rings. The highest BCUT2D eigenvalue weighted by Gasteiger charge is 2.53. The first-order valence-corrected chi connectivity index (χ1v) is 28.5. The largest absolute Gasteiger partial charge is 0.432 e. The van der Waals surface area contributed by atoms with Crippen LogP contribution in [0.15, 0.2) is 66.5 Å². The van der Waals surface area contributed by atoms with Gasteiger partial charge in [0.2, 0.25) is 17.7 Å². The quantitative estimate of drug-likeness (QED) is 0.0265. The number of alkyl halides is 3. The van der Waals surface area contributed by atoms with Gasteiger partial charge in [-0.2, -0.15) is 28.4 Å². The van der Waals surface area contributed by atoms with E-state index >= 15 is 4.39 Å². The minimum absolute atomic E-state index is 0.0220. The Hall–Kier alpha value is -6.90. The number of nitrogens with one attached hydrogen (secondary N) is 3. The molecule has 428 valence electrons. The van der Waals surface area contributed by atoms with E-state index in [9.17, 15) is 37.9 Å². The van der Waals surface area contributed by atoms with Crippen LogP contribution in [-0.4, -0.2) is 127 Å². The molecule has 7 heterocycles. The van der Waals surface area contributed by atoms with Crippen LogP contribution in [0.1, 0.15) is 89.1 Å². The number of thiazole rings is 1. The third-order valence-electron chi connectivity index (χ3n) is 16.2. The zero-order valence-electron chi connectivity index (χ0n) is 45.8. The number of unbranched alkanes of at least 4 members (excludes halogenated alkanes) is 1. The number of β-amino-alcohol motifs (C(OH)–C–C–N with tert-alkyl or cyclic N) is 1. The van der Waals surface area contributed by atoms with E-state index in [1.807, 2.05) is 43.0 Å². The van der Waals surface area contributed by atoms with Crippen molar-refractivity contribution in [3.05, 3.63) is 94.2 Å². The van der Waals surface area contributed by atoms with Gasteiger partial charge >= 0.3 is 12.2 Å². The molecule has 23 heteroatoms. The van der Waals surface area contributed by atoms with Gasteiger partial charge in [0.05, 0.1) is 56.7 Å². The highest BCUT2D eigenvalue weighted by molar-refractivity contribution is 7.13. The Kier molecular flexibility index (Phi) is 16.1. The number of halogens is 5. The minimum Gasteiger partial charge on any atom is -0.432 e. The molecule has 0 saturated carbocycles. The molecule has 8 atom stereocenters. The van der Waals surface area contributed by atoms with Gasteiger partial charge in [0.15, 0.2) is 5.82 Å². The zero-order valence-corrected chi connectivity index (χ0v) is 47.4. The highest BCUT2D eigenvalue weighted by atomic mass is 35.5. The number of aliphatic hydroxyl groups is 1. The van der Waals surface area contributed by atoms with Gasteiger partial charge in [0.1, 0.15) is 29.5 Å². The lowest BCUT2D eigenvalue weighted by Crippen LogP contribution is -2.60. The summed E-state index contributed by atoms with van der Waals surface area (Å²) in [6, 6.07) is 11.3. The van der Waals surface area contributed by atoms with E-state index in [4.69, 9.17) is 27.1 Å². The van der Waals surface area contributed by atoms with E-state index in [0.29, 0.717) is 47.2 Å². The summed E-state index contributed by atoms with van der Waals surface area (Å²) < 4.78 is 68.3. The Morgan fingerprint density at radius 3 is 2.44 bits per heavy atom. The predicted octanol–water partition coefficient (Wildman–Crippen LogP) is 8.70. The number of hydrogen-bond acceptors (Lipinski definition) is 14. The van der Waals surface area contributed by atoms with Gasteiger partial charge in [0, 0.05) is 97.8 Å². The summed E-state index contributed by atoms with van der Waals surface area (Å²) in [7, 11) is 1.75. The fourth-order valence-corrected chi connectivity index (χ4v) is 13.0. The van der Waals surface area contributed by atoms with Crippen molar-refractivity contribution in [1.82, 2.24) is 45.3 Å². The number of nitriles is 1. The number of nitrogens with zero attached hydrogens (tertiary/aromatic N) is 8. The number of amides is 3. The summed E-state index contributed by atoms with van der Waals surface area (Å²) in [5.41, 5.74) is 11.1. The molecule has 10 rings (SSSR count). The average molecular weight is 1150 g/mol. The van der Waals surface area contributed by atoms with Crippen LogP contribution < -0.4 is 31.3 Å². The van der Waals surface area contributed by atoms with E-state index in [2.05, 4.69) is 32.0 Å². The number of carbonyl (C=O) groups excluding carboxylic acids is 3. The number of anilines is 2. The number of nitrogens with two attached hydrogens (primary N) is 1. The van der Waals surface area contributed by atoms with Gasteiger partial charge in [-0.3, -0.25) is 19.3 Å². The maximum atomic E-state index is 17.3. The second-order valence-electron chi connectivity index (χ2n) is 22.9. The molecule has 0 aliphatic carbocycles. The van der Waals surface area contributed by atoms with Gasteiger partial charge in [-0.05, 0) is 86.9 Å². The first-order chi connectivity index (χ1) is 38.5. The number of rotatable bonds is 16. The van der Waals surface area contributed by atoms with Gasteiger partial charge in [0.25, 0.3) is 0 Å². The summed E-state index contributed by atoms with van der Waals surface area (Å²) in [4.78, 5) is 61.2. The Morgan fingerprint density at radius 2 is 1.78 bits per heavy atom. The molecule has 6 N–H and O–H groups in total. The number of nitrogen functional groups attached to an aromatic ring is 1. The maximum Gasteiger partial charge on any atom is 0.394 e. The SMILES string of the molecule is Cc1ncsc1-c1ccc([C@H](C)NC(=O)[C@@H]2C[C@@H](O)CN2C(=O)[C@@H](NC(=O)CCCCN2C[C@@H](C(F)(F)F)[C@H]2/C=C/Oc2nc(N3CC4CCC(C3)N4)c3cc(Cl)c(-c4cn(C)c5ccc(N)c(C#N)c45)c(F)c3n2)C(C)(C)C)cc1. The summed E-state index contributed by atoms with van der Waals surface area (Å²) in [6.45, 7) is 10.1. The lowest BCUT2D eigenvalue weighted by Gasteiger charge is -2.47. The Bertz CT molecular complexity index is 3460. The van der Waals surface area contributed by atoms with Crippen LogP contribution >= 0.6 is 22.9 Å². The minimum atomic E-state index is -4.54. The number of aryl methyl sites for hydroxylation is 2. The Morgan fingerprint density at radius 1 is 1.05 bits per heavy atom. The molecule has 3 aromatic heterocycles. The fourth-order valence-electron chi connectivity index (χ4n) is 11.9. The molecular weight excluding hydrogens is 1090 g/mol. The first kappa shape index (κ1) is 57.3. The molecule has 2 bridgehead atoms. The molecule has 4 fully saturated rings. The molecule has 17 nitrogen and oxygen atoms in total. The summed E-state index contributed by atoms with van der Waals surface area (Å²) in [6.07, 6.45) is 1.04. The average Bonchev–Trinajstić information content (AvgIpc) is 4.42. The normalized spacial score (nSPS) is 22.1. The summed E-state index contributed by atoms with van der Waals surface area (Å²) in [5.74, 6) is -3.57. The molecule has 3 amide bonds. The first-order valence-electron chi connectivity index (χ1n) is 27.2. The second kappa shape index (κ2) is 22.8. The number of fused-ring (bicyclic) bond motifs is 4. The highest BCUT2D eigenvalue weighted by Crippen LogP contribution is 2.45. The molecule has 0 radical (unpaired) electrons. The molecule has 4 aliphatic heterocycles. The third kappa shape index (κ3) is 11.7. The lowest BCUT2D eigenvalue weighted by molar-refractivity contribution is -0.222. The zero-order chi connectivity index (χ0) is 57.8. The predicted molar refractivity (Wildman–Crippen MR) is 303 cm³/mol. The van der Waals surface area contributed by atoms with E-state index in [-0.39, 0.29) is 84.3 Å². The Balaban J connectivity index is 0.799. The maximum absolute atomic E-state index is 17.3. The van der Waals surface area contributed by atoms with Gasteiger partial charge in [-0.15, -0.1) is 11.3 Å². The number of benzene rings is 3. The Labute approximate surface area is 475 Å². The van der Waals surface area contributed by atoms with Gasteiger partial charge in [-0.25, -0.2) is 9.37 Å². The van der Waals surface area contributed by atoms with E-state index in [0.717, 1.165) is 40.8 Å². The van der Waals surface area contributed by atoms with Crippen molar-refractivity contribution in [3.8, 4) is 33.6 Å². The van der Waals surface area contributed by atoms with Crippen molar-refractivity contribution >= 4 is 74.0 Å².